The monoisotopic (exact) mass is 224 g/mol. The van der Waals surface area contributed by atoms with Crippen molar-refractivity contribution < 1.29 is 9.90 Å². The highest BCUT2D eigenvalue weighted by molar-refractivity contribution is 5.66. The van der Waals surface area contributed by atoms with Gasteiger partial charge in [0, 0.05) is 6.42 Å². The lowest BCUT2D eigenvalue weighted by molar-refractivity contribution is -0.137. The molecule has 0 saturated carbocycles. The number of unbranched alkanes of at least 4 members (excludes halogenated alkanes) is 5. The van der Waals surface area contributed by atoms with Crippen LogP contribution in [0.15, 0.2) is 24.3 Å². The van der Waals surface area contributed by atoms with Crippen LogP contribution in [0.4, 0.5) is 0 Å². The average Bonchev–Trinajstić information content (AvgIpc) is 2.25. The standard InChI is InChI=1S/C14H24O2/c1-2-3-4-5-6-7-8-9-10-11-12-13-14(15)16/h5-8H,2-4,9-13H2,1H3,(H,15,16)/b6-5-,8-7+. The Kier molecular flexibility index (Phi) is 11.2. The summed E-state index contributed by atoms with van der Waals surface area (Å²) in [6.07, 6.45) is 16.5. The maximum atomic E-state index is 10.2. The quantitative estimate of drug-likeness (QED) is 0.443. The topological polar surface area (TPSA) is 37.3 Å². The highest BCUT2D eigenvalue weighted by Gasteiger charge is 1.94. The minimum Gasteiger partial charge on any atom is -0.481 e. The molecule has 0 aliphatic carbocycles. The summed E-state index contributed by atoms with van der Waals surface area (Å²) in [6.45, 7) is 2.20. The minimum absolute atomic E-state index is 0.306. The third kappa shape index (κ3) is 12.9. The van der Waals surface area contributed by atoms with E-state index in [1.807, 2.05) is 0 Å². The molecule has 0 amide bonds. The van der Waals surface area contributed by atoms with Crippen molar-refractivity contribution in [2.75, 3.05) is 0 Å². The Balaban J connectivity index is 3.21. The molecule has 16 heavy (non-hydrogen) atoms. The Hall–Kier alpha value is -1.05. The van der Waals surface area contributed by atoms with Crippen molar-refractivity contribution in [1.82, 2.24) is 0 Å². The first-order valence-electron chi connectivity index (χ1n) is 6.30. The number of hydrogen-bond donors (Lipinski definition) is 1. The fraction of sp³-hybridized carbons (Fsp3) is 0.643. The van der Waals surface area contributed by atoms with Crippen LogP contribution in [0.1, 0.15) is 58.3 Å². The lowest BCUT2D eigenvalue weighted by Gasteiger charge is -1.94. The molecule has 0 aromatic carbocycles. The lowest BCUT2D eigenvalue weighted by Crippen LogP contribution is -1.93. The lowest BCUT2D eigenvalue weighted by atomic mass is 10.1. The number of rotatable bonds is 10. The number of hydrogen-bond acceptors (Lipinski definition) is 1. The normalized spacial score (nSPS) is 11.6. The molecule has 0 aliphatic heterocycles. The predicted octanol–water partition coefficient (Wildman–Crippen LogP) is 4.32. The second kappa shape index (κ2) is 12.0. The zero-order valence-corrected chi connectivity index (χ0v) is 10.3. The van der Waals surface area contributed by atoms with Crippen LogP contribution in [0.3, 0.4) is 0 Å². The van der Waals surface area contributed by atoms with E-state index in [-0.39, 0.29) is 0 Å². The van der Waals surface area contributed by atoms with Gasteiger partial charge in [-0.1, -0.05) is 50.5 Å². The van der Waals surface area contributed by atoms with Crippen LogP contribution < -0.4 is 0 Å². The molecule has 0 fully saturated rings. The summed E-state index contributed by atoms with van der Waals surface area (Å²) in [5, 5.41) is 8.43. The summed E-state index contributed by atoms with van der Waals surface area (Å²) >= 11 is 0. The van der Waals surface area contributed by atoms with Gasteiger partial charge in [0.2, 0.25) is 0 Å². The van der Waals surface area contributed by atoms with E-state index in [9.17, 15) is 4.79 Å². The molecule has 0 radical (unpaired) electrons. The van der Waals surface area contributed by atoms with Gasteiger partial charge in [-0.25, -0.2) is 0 Å². The Bertz CT molecular complexity index is 217. The molecule has 0 heterocycles. The molecule has 0 aliphatic rings. The van der Waals surface area contributed by atoms with Gasteiger partial charge in [-0.05, 0) is 25.7 Å². The van der Waals surface area contributed by atoms with Crippen molar-refractivity contribution in [2.24, 2.45) is 0 Å². The van der Waals surface area contributed by atoms with Crippen LogP contribution in [0.25, 0.3) is 0 Å². The molecule has 92 valence electrons. The molecular formula is C14H24O2. The highest BCUT2D eigenvalue weighted by atomic mass is 16.4. The van der Waals surface area contributed by atoms with Gasteiger partial charge in [-0.2, -0.15) is 0 Å². The molecule has 0 saturated heterocycles. The van der Waals surface area contributed by atoms with Crippen LogP contribution in [0, 0.1) is 0 Å². The van der Waals surface area contributed by atoms with Gasteiger partial charge in [0.25, 0.3) is 0 Å². The highest BCUT2D eigenvalue weighted by Crippen LogP contribution is 2.03. The molecule has 0 aromatic rings. The number of carboxylic acid groups (broad SMARTS) is 1. The predicted molar refractivity (Wildman–Crippen MR) is 68.5 cm³/mol. The van der Waals surface area contributed by atoms with Crippen molar-refractivity contribution in [1.29, 1.82) is 0 Å². The molecule has 1 N–H and O–H groups in total. The van der Waals surface area contributed by atoms with Gasteiger partial charge in [-0.15, -0.1) is 0 Å². The summed E-state index contributed by atoms with van der Waals surface area (Å²) in [5.74, 6) is -0.686. The third-order valence-electron chi connectivity index (χ3n) is 2.37. The second-order valence-corrected chi connectivity index (χ2v) is 3.99. The van der Waals surface area contributed by atoms with Crippen LogP contribution in [0.2, 0.25) is 0 Å². The summed E-state index contributed by atoms with van der Waals surface area (Å²) < 4.78 is 0. The summed E-state index contributed by atoms with van der Waals surface area (Å²) in [7, 11) is 0. The van der Waals surface area contributed by atoms with Crippen LogP contribution in [-0.2, 0) is 4.79 Å². The zero-order chi connectivity index (χ0) is 12.1. The Labute approximate surface area is 99.1 Å². The molecule has 2 heteroatoms. The van der Waals surface area contributed by atoms with Gasteiger partial charge < -0.3 is 5.11 Å². The zero-order valence-electron chi connectivity index (χ0n) is 10.3. The SMILES string of the molecule is CCCC/C=C\C=C\CCCCCC(=O)O. The van der Waals surface area contributed by atoms with Crippen molar-refractivity contribution in [3.05, 3.63) is 24.3 Å². The first-order valence-corrected chi connectivity index (χ1v) is 6.30. The van der Waals surface area contributed by atoms with E-state index in [0.717, 1.165) is 25.7 Å². The molecule has 0 spiro atoms. The molecule has 0 rings (SSSR count). The van der Waals surface area contributed by atoms with E-state index in [1.54, 1.807) is 0 Å². The molecule has 0 aromatic heterocycles. The summed E-state index contributed by atoms with van der Waals surface area (Å²) in [6, 6.07) is 0. The molecule has 2 nitrogen and oxygen atoms in total. The Morgan fingerprint density at radius 3 is 2.19 bits per heavy atom. The van der Waals surface area contributed by atoms with Crippen molar-refractivity contribution in [3.8, 4) is 0 Å². The molecule has 0 unspecified atom stereocenters. The first kappa shape index (κ1) is 14.9. The van der Waals surface area contributed by atoms with E-state index >= 15 is 0 Å². The molecular weight excluding hydrogens is 200 g/mol. The third-order valence-corrected chi connectivity index (χ3v) is 2.37. The average molecular weight is 224 g/mol. The fourth-order valence-electron chi connectivity index (χ4n) is 1.39. The summed E-state index contributed by atoms with van der Waals surface area (Å²) in [5.41, 5.74) is 0. The van der Waals surface area contributed by atoms with Crippen LogP contribution in [0.5, 0.6) is 0 Å². The maximum absolute atomic E-state index is 10.2. The maximum Gasteiger partial charge on any atom is 0.303 e. The van der Waals surface area contributed by atoms with E-state index in [4.69, 9.17) is 5.11 Å². The van der Waals surface area contributed by atoms with Gasteiger partial charge in [-0.3, -0.25) is 4.79 Å². The van der Waals surface area contributed by atoms with Gasteiger partial charge in [0.15, 0.2) is 0 Å². The van der Waals surface area contributed by atoms with E-state index in [2.05, 4.69) is 31.2 Å². The van der Waals surface area contributed by atoms with Crippen LogP contribution >= 0.6 is 0 Å². The molecule has 0 bridgehead atoms. The number of carboxylic acids is 1. The van der Waals surface area contributed by atoms with Crippen molar-refractivity contribution in [3.63, 3.8) is 0 Å². The van der Waals surface area contributed by atoms with Gasteiger partial charge in [0.05, 0.1) is 0 Å². The van der Waals surface area contributed by atoms with E-state index in [1.165, 1.54) is 19.3 Å². The Morgan fingerprint density at radius 1 is 1.00 bits per heavy atom. The summed E-state index contributed by atoms with van der Waals surface area (Å²) in [4.78, 5) is 10.2. The largest absolute Gasteiger partial charge is 0.481 e. The number of aliphatic carboxylic acids is 1. The first-order chi connectivity index (χ1) is 7.77. The fourth-order valence-corrected chi connectivity index (χ4v) is 1.39. The van der Waals surface area contributed by atoms with Gasteiger partial charge >= 0.3 is 5.97 Å². The molecule has 0 atom stereocenters. The second-order valence-electron chi connectivity index (χ2n) is 3.99. The van der Waals surface area contributed by atoms with E-state index < -0.39 is 5.97 Å². The van der Waals surface area contributed by atoms with Crippen LogP contribution in [-0.4, -0.2) is 11.1 Å². The smallest absolute Gasteiger partial charge is 0.303 e. The minimum atomic E-state index is -0.686. The van der Waals surface area contributed by atoms with E-state index in [0.29, 0.717) is 6.42 Å². The van der Waals surface area contributed by atoms with Crippen molar-refractivity contribution >= 4 is 5.97 Å². The van der Waals surface area contributed by atoms with Gasteiger partial charge in [0.1, 0.15) is 0 Å². The number of carbonyl (C=O) groups is 1. The number of allylic oxidation sites excluding steroid dienone is 4. The Morgan fingerprint density at radius 2 is 1.62 bits per heavy atom. The van der Waals surface area contributed by atoms with Crippen molar-refractivity contribution in [2.45, 2.75) is 58.3 Å².